The van der Waals surface area contributed by atoms with Crippen LogP contribution in [0.15, 0.2) is 159 Å². The molecule has 0 radical (unpaired) electrons. The van der Waals surface area contributed by atoms with E-state index in [1.165, 1.54) is 11.1 Å². The fourth-order valence-corrected chi connectivity index (χ4v) is 5.56. The molecule has 0 atom stereocenters. The van der Waals surface area contributed by atoms with Gasteiger partial charge in [-0.1, -0.05) is 143 Å². The first kappa shape index (κ1) is 36.2. The van der Waals surface area contributed by atoms with Crippen molar-refractivity contribution in [3.05, 3.63) is 198 Å². The summed E-state index contributed by atoms with van der Waals surface area (Å²) < 4.78 is 0. The van der Waals surface area contributed by atoms with E-state index in [0.717, 1.165) is 72.4 Å². The van der Waals surface area contributed by atoms with E-state index in [-0.39, 0.29) is 0 Å². The molecular weight excluding hydrogens is 567 g/mol. The van der Waals surface area contributed by atoms with Gasteiger partial charge in [-0.15, -0.1) is 6.58 Å². The lowest BCUT2D eigenvalue weighted by atomic mass is 9.83. The van der Waals surface area contributed by atoms with E-state index in [9.17, 15) is 0 Å². The van der Waals surface area contributed by atoms with Crippen molar-refractivity contribution >= 4 is 22.8 Å². The lowest BCUT2D eigenvalue weighted by molar-refractivity contribution is 1.28. The number of aryl methyl sites for hydroxylation is 1. The molecule has 0 saturated carbocycles. The summed E-state index contributed by atoms with van der Waals surface area (Å²) in [4.78, 5) is 4.35. The Morgan fingerprint density at radius 1 is 0.745 bits per heavy atom. The predicted octanol–water partition coefficient (Wildman–Crippen LogP) is 13.3. The first-order valence-corrected chi connectivity index (χ1v) is 16.3. The number of benzene rings is 3. The van der Waals surface area contributed by atoms with E-state index in [1.54, 1.807) is 0 Å². The van der Waals surface area contributed by atoms with Gasteiger partial charge in [-0.05, 0) is 113 Å². The number of aromatic nitrogens is 1. The van der Waals surface area contributed by atoms with Crippen LogP contribution in [0.25, 0.3) is 33.9 Å². The molecule has 4 rings (SSSR count). The van der Waals surface area contributed by atoms with E-state index >= 15 is 0 Å². The zero-order valence-corrected chi connectivity index (χ0v) is 29.2. The number of hydrogen-bond acceptors (Lipinski definition) is 1. The number of allylic oxidation sites excluding steroid dienone is 8. The lowest BCUT2D eigenvalue weighted by Crippen LogP contribution is -2.01. The van der Waals surface area contributed by atoms with E-state index < -0.39 is 0 Å². The third-order valence-corrected chi connectivity index (χ3v) is 8.08. The number of hydrogen-bond donors (Lipinski definition) is 0. The summed E-state index contributed by atoms with van der Waals surface area (Å²) in [6, 6.07) is 25.5. The number of rotatable bonds is 12. The Balaban J connectivity index is 0.00000294. The molecule has 0 amide bonds. The molecule has 0 aliphatic rings. The lowest BCUT2D eigenvalue weighted by Gasteiger charge is -2.21. The molecule has 0 spiro atoms. The highest BCUT2D eigenvalue weighted by atomic mass is 14.6. The molecule has 0 aliphatic heterocycles. The van der Waals surface area contributed by atoms with Gasteiger partial charge in [0.1, 0.15) is 0 Å². The third kappa shape index (κ3) is 8.51. The summed E-state index contributed by atoms with van der Waals surface area (Å²) in [6.45, 7) is 33.9. The molecule has 238 valence electrons. The van der Waals surface area contributed by atoms with Gasteiger partial charge in [-0.3, -0.25) is 4.98 Å². The smallest absolute Gasteiger partial charge is 0.0349 e. The van der Waals surface area contributed by atoms with Gasteiger partial charge in [-0.25, -0.2) is 0 Å². The van der Waals surface area contributed by atoms with Gasteiger partial charge in [-0.2, -0.15) is 0 Å². The summed E-state index contributed by atoms with van der Waals surface area (Å²) in [5.41, 5.74) is 16.2. The Hall–Kier alpha value is -5.27. The fourth-order valence-electron chi connectivity index (χ4n) is 5.56. The Labute approximate surface area is 284 Å². The topological polar surface area (TPSA) is 12.9 Å². The highest BCUT2D eigenvalue weighted by molar-refractivity contribution is 5.96. The standard InChI is InChI=1S/C44H43N.C2H6/c1-10-16-35(11-2)44(37-25-23-36(24-26-37)43-29-45-28-27-32(43)7)42-18-14-13-17-41(42)34(9)40-20-15-19-39(38(40)12-3)33(8)31(6)22-21-30(4)5;1-2/h10-15,17-29H,1-3,8-9,16H2,4-7H3;1-2H3/b31-22+,44-35-;. The van der Waals surface area contributed by atoms with Crippen molar-refractivity contribution in [2.24, 2.45) is 0 Å². The molecular formula is C46H49N. The first-order valence-electron chi connectivity index (χ1n) is 16.3. The minimum absolute atomic E-state index is 0.688. The molecule has 47 heavy (non-hydrogen) atoms. The number of pyridine rings is 1. The molecule has 3 aromatic carbocycles. The second kappa shape index (κ2) is 17.4. The van der Waals surface area contributed by atoms with Gasteiger partial charge in [0.25, 0.3) is 0 Å². The predicted molar refractivity (Wildman–Crippen MR) is 210 cm³/mol. The molecule has 0 saturated heterocycles. The molecule has 0 aliphatic carbocycles. The maximum atomic E-state index is 4.66. The van der Waals surface area contributed by atoms with Gasteiger partial charge >= 0.3 is 0 Å². The summed E-state index contributed by atoms with van der Waals surface area (Å²) in [7, 11) is 0. The van der Waals surface area contributed by atoms with Crippen LogP contribution in [0.5, 0.6) is 0 Å². The largest absolute Gasteiger partial charge is 0.264 e. The molecule has 0 bridgehead atoms. The summed E-state index contributed by atoms with van der Waals surface area (Å²) in [5.74, 6) is 0. The molecule has 1 heteroatoms. The molecule has 4 aromatic rings. The minimum Gasteiger partial charge on any atom is -0.264 e. The Morgan fingerprint density at radius 3 is 1.98 bits per heavy atom. The van der Waals surface area contributed by atoms with Gasteiger partial charge in [0.15, 0.2) is 0 Å². The maximum absolute atomic E-state index is 4.66. The summed E-state index contributed by atoms with van der Waals surface area (Å²) in [5, 5.41) is 0. The zero-order valence-electron chi connectivity index (χ0n) is 29.2. The fraction of sp³-hybridized carbons (Fsp3) is 0.152. The van der Waals surface area contributed by atoms with E-state index in [1.807, 2.05) is 50.5 Å². The van der Waals surface area contributed by atoms with Crippen LogP contribution in [-0.2, 0) is 0 Å². The van der Waals surface area contributed by atoms with Crippen LogP contribution in [0.2, 0.25) is 0 Å². The summed E-state index contributed by atoms with van der Waals surface area (Å²) in [6.07, 6.45) is 14.5. The molecule has 1 nitrogen and oxygen atoms in total. The average Bonchev–Trinajstić information content (AvgIpc) is 3.10. The SMILES string of the molecule is C=CC/C(C=C)=C(/c1ccc(-c2cnccc2C)cc1)c1ccccc1C(=C)c1cccc(C(=C)/C(C)=C/C=C(C)C)c1C=C.CC. The highest BCUT2D eigenvalue weighted by Crippen LogP contribution is 2.39. The normalized spacial score (nSPS) is 11.3. The van der Waals surface area contributed by atoms with Gasteiger partial charge in [0.05, 0.1) is 0 Å². The van der Waals surface area contributed by atoms with E-state index in [0.29, 0.717) is 6.42 Å². The Bertz CT molecular complexity index is 1860. The third-order valence-electron chi connectivity index (χ3n) is 8.08. The summed E-state index contributed by atoms with van der Waals surface area (Å²) >= 11 is 0. The second-order valence-corrected chi connectivity index (χ2v) is 11.4. The Kier molecular flexibility index (Phi) is 13.4. The second-order valence-electron chi connectivity index (χ2n) is 11.4. The van der Waals surface area contributed by atoms with E-state index in [2.05, 4.69) is 144 Å². The van der Waals surface area contributed by atoms with E-state index in [4.69, 9.17) is 0 Å². The molecule has 1 heterocycles. The molecule has 0 unspecified atom stereocenters. The first-order chi connectivity index (χ1) is 22.7. The molecule has 1 aromatic heterocycles. The van der Waals surface area contributed by atoms with Gasteiger partial charge in [0.2, 0.25) is 0 Å². The average molecular weight is 616 g/mol. The van der Waals surface area contributed by atoms with Crippen molar-refractivity contribution in [1.29, 1.82) is 0 Å². The van der Waals surface area contributed by atoms with Crippen LogP contribution in [0.4, 0.5) is 0 Å². The van der Waals surface area contributed by atoms with Crippen LogP contribution in [0, 0.1) is 6.92 Å². The maximum Gasteiger partial charge on any atom is 0.0349 e. The van der Waals surface area contributed by atoms with Crippen molar-refractivity contribution in [2.75, 3.05) is 0 Å². The minimum atomic E-state index is 0.688. The van der Waals surface area contributed by atoms with Crippen LogP contribution in [-0.4, -0.2) is 4.98 Å². The molecule has 0 fully saturated rings. The van der Waals surface area contributed by atoms with Crippen molar-refractivity contribution in [3.63, 3.8) is 0 Å². The van der Waals surface area contributed by atoms with Gasteiger partial charge < -0.3 is 0 Å². The van der Waals surface area contributed by atoms with Crippen LogP contribution < -0.4 is 0 Å². The highest BCUT2D eigenvalue weighted by Gasteiger charge is 2.19. The van der Waals surface area contributed by atoms with Crippen molar-refractivity contribution in [1.82, 2.24) is 4.98 Å². The van der Waals surface area contributed by atoms with Gasteiger partial charge in [0, 0.05) is 18.0 Å². The van der Waals surface area contributed by atoms with Crippen LogP contribution in [0.1, 0.15) is 80.0 Å². The monoisotopic (exact) mass is 615 g/mol. The number of nitrogens with zero attached hydrogens (tertiary/aromatic N) is 1. The van der Waals surface area contributed by atoms with Crippen LogP contribution >= 0.6 is 0 Å². The quantitative estimate of drug-likeness (QED) is 0.114. The Morgan fingerprint density at radius 2 is 1.38 bits per heavy atom. The van der Waals surface area contributed by atoms with Crippen molar-refractivity contribution in [2.45, 2.75) is 48.0 Å². The van der Waals surface area contributed by atoms with Crippen LogP contribution in [0.3, 0.4) is 0 Å². The molecule has 0 N–H and O–H groups in total. The van der Waals surface area contributed by atoms with Crippen molar-refractivity contribution < 1.29 is 0 Å². The van der Waals surface area contributed by atoms with Crippen molar-refractivity contribution in [3.8, 4) is 11.1 Å². The zero-order chi connectivity index (χ0) is 34.5.